The molecule has 0 saturated carbocycles. The molecule has 166 valence electrons. The predicted molar refractivity (Wildman–Crippen MR) is 126 cm³/mol. The summed E-state index contributed by atoms with van der Waals surface area (Å²) in [6.07, 6.45) is 0.599. The van der Waals surface area contributed by atoms with Crippen molar-refractivity contribution in [2.45, 2.75) is 18.9 Å². The highest BCUT2D eigenvalue weighted by molar-refractivity contribution is 6.31. The quantitative estimate of drug-likeness (QED) is 0.478. The molecule has 1 aliphatic rings. The van der Waals surface area contributed by atoms with Crippen LogP contribution in [0.1, 0.15) is 30.0 Å². The number of hydrogen-bond donors (Lipinski definition) is 2. The molecule has 3 aromatic rings. The van der Waals surface area contributed by atoms with E-state index < -0.39 is 12.0 Å². The Morgan fingerprint density at radius 3 is 2.55 bits per heavy atom. The molecule has 1 unspecified atom stereocenters. The van der Waals surface area contributed by atoms with Gasteiger partial charge in [0.2, 0.25) is 11.8 Å². The first kappa shape index (κ1) is 22.7. The average molecular weight is 480 g/mol. The maximum absolute atomic E-state index is 13.2. The van der Waals surface area contributed by atoms with Crippen LogP contribution in [0.25, 0.3) is 0 Å². The van der Waals surface area contributed by atoms with Crippen molar-refractivity contribution in [1.29, 1.82) is 5.26 Å². The van der Waals surface area contributed by atoms with Crippen molar-refractivity contribution >= 4 is 40.7 Å². The van der Waals surface area contributed by atoms with E-state index in [2.05, 4.69) is 16.7 Å². The Kier molecular flexibility index (Phi) is 6.83. The number of benzene rings is 3. The molecule has 0 aliphatic carbocycles. The van der Waals surface area contributed by atoms with Crippen LogP contribution < -0.4 is 15.4 Å². The second-order valence-electron chi connectivity index (χ2n) is 7.61. The van der Waals surface area contributed by atoms with Crippen LogP contribution in [0.5, 0.6) is 11.5 Å². The Morgan fingerprint density at radius 1 is 1.06 bits per heavy atom. The van der Waals surface area contributed by atoms with Gasteiger partial charge in [-0.2, -0.15) is 5.26 Å². The number of carbonyl (C=O) groups excluding carboxylic acids is 2. The zero-order valence-electron chi connectivity index (χ0n) is 17.3. The summed E-state index contributed by atoms with van der Waals surface area (Å²) in [5, 5.41) is 15.8. The Bertz CT molecular complexity index is 1240. The van der Waals surface area contributed by atoms with Crippen LogP contribution in [0.15, 0.2) is 66.7 Å². The molecule has 4 rings (SSSR count). The first-order valence-electron chi connectivity index (χ1n) is 10.3. The summed E-state index contributed by atoms with van der Waals surface area (Å²) in [6.45, 7) is 0. The van der Waals surface area contributed by atoms with Crippen molar-refractivity contribution in [2.75, 3.05) is 5.32 Å². The molecule has 1 fully saturated rings. The normalized spacial score (nSPS) is 17.5. The SMILES string of the molecule is N#Cc1ccc(Oc2ccc(Cl)cc2[C@H]2NC(=O)CCC2C(=O)Nc2cccc(Cl)c2)cc1. The van der Waals surface area contributed by atoms with Crippen LogP contribution in [0.4, 0.5) is 5.69 Å². The molecular weight excluding hydrogens is 461 g/mol. The molecule has 0 radical (unpaired) electrons. The van der Waals surface area contributed by atoms with Crippen molar-refractivity contribution in [3.63, 3.8) is 0 Å². The van der Waals surface area contributed by atoms with Gasteiger partial charge in [-0.3, -0.25) is 9.59 Å². The van der Waals surface area contributed by atoms with E-state index in [0.29, 0.717) is 44.8 Å². The molecule has 2 N–H and O–H groups in total. The van der Waals surface area contributed by atoms with Crippen molar-refractivity contribution in [1.82, 2.24) is 5.32 Å². The fourth-order valence-corrected chi connectivity index (χ4v) is 4.13. The number of anilines is 1. The second-order valence-corrected chi connectivity index (χ2v) is 8.48. The summed E-state index contributed by atoms with van der Waals surface area (Å²) < 4.78 is 6.05. The topological polar surface area (TPSA) is 91.2 Å². The van der Waals surface area contributed by atoms with E-state index in [1.54, 1.807) is 66.7 Å². The van der Waals surface area contributed by atoms with Crippen LogP contribution in [0, 0.1) is 17.2 Å². The molecule has 6 nitrogen and oxygen atoms in total. The lowest BCUT2D eigenvalue weighted by atomic mass is 9.84. The molecule has 3 aromatic carbocycles. The number of piperidine rings is 1. The molecule has 1 heterocycles. The minimum atomic E-state index is -0.641. The minimum absolute atomic E-state index is 0.156. The van der Waals surface area contributed by atoms with Crippen molar-refractivity contribution in [3.05, 3.63) is 87.9 Å². The van der Waals surface area contributed by atoms with E-state index in [9.17, 15) is 9.59 Å². The van der Waals surface area contributed by atoms with Gasteiger partial charge in [-0.05, 0) is 67.1 Å². The monoisotopic (exact) mass is 479 g/mol. The summed E-state index contributed by atoms with van der Waals surface area (Å²) in [7, 11) is 0. The lowest BCUT2D eigenvalue weighted by molar-refractivity contribution is -0.128. The van der Waals surface area contributed by atoms with E-state index in [1.807, 2.05) is 0 Å². The van der Waals surface area contributed by atoms with Gasteiger partial charge in [-0.25, -0.2) is 0 Å². The van der Waals surface area contributed by atoms with Crippen molar-refractivity contribution in [3.8, 4) is 17.6 Å². The van der Waals surface area contributed by atoms with Gasteiger partial charge in [0.1, 0.15) is 11.5 Å². The summed E-state index contributed by atoms with van der Waals surface area (Å²) >= 11 is 12.3. The third-order valence-electron chi connectivity index (χ3n) is 5.35. The minimum Gasteiger partial charge on any atom is -0.457 e. The summed E-state index contributed by atoms with van der Waals surface area (Å²) in [6, 6.07) is 20.0. The Hall–Kier alpha value is -3.53. The molecule has 0 aromatic heterocycles. The van der Waals surface area contributed by atoms with E-state index >= 15 is 0 Å². The molecule has 0 spiro atoms. The third-order valence-corrected chi connectivity index (χ3v) is 5.82. The highest BCUT2D eigenvalue weighted by atomic mass is 35.5. The lowest BCUT2D eigenvalue weighted by Crippen LogP contribution is -2.43. The van der Waals surface area contributed by atoms with Gasteiger partial charge in [-0.15, -0.1) is 0 Å². The predicted octanol–water partition coefficient (Wildman–Crippen LogP) is 5.86. The van der Waals surface area contributed by atoms with E-state index in [0.717, 1.165) is 0 Å². The second kappa shape index (κ2) is 9.95. The molecule has 8 heteroatoms. The maximum atomic E-state index is 13.2. The fraction of sp³-hybridized carbons (Fsp3) is 0.160. The largest absolute Gasteiger partial charge is 0.457 e. The maximum Gasteiger partial charge on any atom is 0.229 e. The summed E-state index contributed by atoms with van der Waals surface area (Å²) in [4.78, 5) is 25.5. The standard InChI is InChI=1S/C25H19Cl2N3O3/c26-16-2-1-3-18(12-16)29-25(32)20-9-11-23(31)30-24(20)21-13-17(27)6-10-22(21)33-19-7-4-15(14-28)5-8-19/h1-8,10,12-13,20,24H,9,11H2,(H,29,32)(H,30,31)/t20?,24-/m0/s1. The van der Waals surface area contributed by atoms with Crippen LogP contribution in [0.3, 0.4) is 0 Å². The zero-order valence-corrected chi connectivity index (χ0v) is 18.9. The van der Waals surface area contributed by atoms with Gasteiger partial charge >= 0.3 is 0 Å². The number of hydrogen-bond acceptors (Lipinski definition) is 4. The number of nitrogens with zero attached hydrogens (tertiary/aromatic N) is 1. The van der Waals surface area contributed by atoms with Crippen LogP contribution in [-0.4, -0.2) is 11.8 Å². The van der Waals surface area contributed by atoms with Gasteiger partial charge in [0.25, 0.3) is 0 Å². The highest BCUT2D eigenvalue weighted by Gasteiger charge is 2.36. The van der Waals surface area contributed by atoms with E-state index in [4.69, 9.17) is 33.2 Å². The molecule has 2 atom stereocenters. The van der Waals surface area contributed by atoms with Crippen molar-refractivity contribution in [2.24, 2.45) is 5.92 Å². The Balaban J connectivity index is 1.65. The first-order chi connectivity index (χ1) is 15.9. The highest BCUT2D eigenvalue weighted by Crippen LogP contribution is 2.39. The molecule has 33 heavy (non-hydrogen) atoms. The molecule has 1 aliphatic heterocycles. The van der Waals surface area contributed by atoms with Gasteiger partial charge in [-0.1, -0.05) is 29.3 Å². The number of nitriles is 1. The van der Waals surface area contributed by atoms with Gasteiger partial charge < -0.3 is 15.4 Å². The first-order valence-corrected chi connectivity index (χ1v) is 11.0. The third kappa shape index (κ3) is 5.46. The van der Waals surface area contributed by atoms with Gasteiger partial charge in [0, 0.05) is 27.7 Å². The molecule has 2 amide bonds. The smallest absolute Gasteiger partial charge is 0.229 e. The fourth-order valence-electron chi connectivity index (χ4n) is 3.76. The Labute approximate surface area is 201 Å². The zero-order chi connectivity index (χ0) is 23.4. The van der Waals surface area contributed by atoms with E-state index in [1.165, 1.54) is 0 Å². The van der Waals surface area contributed by atoms with Crippen LogP contribution in [-0.2, 0) is 9.59 Å². The number of ether oxygens (including phenoxy) is 1. The van der Waals surface area contributed by atoms with Crippen molar-refractivity contribution < 1.29 is 14.3 Å². The molecule has 0 bridgehead atoms. The van der Waals surface area contributed by atoms with Gasteiger partial charge in [0.15, 0.2) is 0 Å². The average Bonchev–Trinajstić information content (AvgIpc) is 2.80. The number of nitrogens with one attached hydrogen (secondary N) is 2. The molecular formula is C25H19Cl2N3O3. The molecule has 1 saturated heterocycles. The summed E-state index contributed by atoms with van der Waals surface area (Å²) in [5.74, 6) is 0.0163. The lowest BCUT2D eigenvalue weighted by Gasteiger charge is -2.32. The number of amides is 2. The Morgan fingerprint density at radius 2 is 1.82 bits per heavy atom. The summed E-state index contributed by atoms with van der Waals surface area (Å²) in [5.41, 5.74) is 1.67. The number of halogens is 2. The van der Waals surface area contributed by atoms with Crippen LogP contribution >= 0.6 is 23.2 Å². The van der Waals surface area contributed by atoms with Crippen LogP contribution in [0.2, 0.25) is 10.0 Å². The van der Waals surface area contributed by atoms with E-state index in [-0.39, 0.29) is 18.2 Å². The number of rotatable bonds is 5. The number of carbonyl (C=O) groups is 2. The van der Waals surface area contributed by atoms with Gasteiger partial charge in [0.05, 0.1) is 23.6 Å².